The normalized spacial score (nSPS) is 18.2. The summed E-state index contributed by atoms with van der Waals surface area (Å²) in [5, 5.41) is 0. The van der Waals surface area contributed by atoms with Crippen molar-refractivity contribution in [1.29, 1.82) is 0 Å². The maximum Gasteiger partial charge on any atom is 0.336 e. The Hall–Kier alpha value is -1.29. The van der Waals surface area contributed by atoms with E-state index < -0.39 is 7.60 Å². The molecule has 0 atom stereocenters. The van der Waals surface area contributed by atoms with Crippen LogP contribution in [-0.2, 0) is 13.6 Å². The molecule has 1 aliphatic heterocycles. The smallest absolute Gasteiger partial charge is 0.336 e. The van der Waals surface area contributed by atoms with Crippen LogP contribution in [0.25, 0.3) is 0 Å². The van der Waals surface area contributed by atoms with Gasteiger partial charge in [-0.05, 0) is 49.7 Å². The third-order valence-corrected chi connectivity index (χ3v) is 8.35. The summed E-state index contributed by atoms with van der Waals surface area (Å²) >= 11 is 0. The van der Waals surface area contributed by atoms with Gasteiger partial charge >= 0.3 is 7.60 Å². The minimum Gasteiger partial charge on any atom is -0.343 e. The van der Waals surface area contributed by atoms with Crippen molar-refractivity contribution in [3.05, 3.63) is 47.9 Å². The number of para-hydroxylation sites is 1. The molecule has 0 N–H and O–H groups in total. The van der Waals surface area contributed by atoms with Gasteiger partial charge in [0, 0.05) is 17.9 Å². The molecule has 32 heavy (non-hydrogen) atoms. The fraction of sp³-hybridized carbons (Fsp3) is 0.654. The molecule has 2 radical (unpaired) electrons. The van der Waals surface area contributed by atoms with Crippen LogP contribution in [0.15, 0.2) is 30.1 Å². The summed E-state index contributed by atoms with van der Waals surface area (Å²) in [5.41, 5.74) is 4.67. The van der Waals surface area contributed by atoms with Crippen LogP contribution < -0.4 is 4.90 Å². The molecule has 0 aromatic heterocycles. The van der Waals surface area contributed by atoms with Crippen LogP contribution in [0.2, 0.25) is 0 Å². The van der Waals surface area contributed by atoms with Crippen LogP contribution in [0.1, 0.15) is 96.6 Å². The minimum atomic E-state index is -3.25. The number of hydrogen-bond acceptors (Lipinski definition) is 5. The van der Waals surface area contributed by atoms with Gasteiger partial charge in [0.2, 0.25) is 6.67 Å². The Morgan fingerprint density at radius 1 is 1.00 bits per heavy atom. The molecule has 0 amide bonds. The molecule has 0 spiro atoms. The summed E-state index contributed by atoms with van der Waals surface area (Å²) in [7, 11) is -3.25. The van der Waals surface area contributed by atoms with Crippen molar-refractivity contribution in [2.45, 2.75) is 91.5 Å². The molecular formula is C26H41N2O3P. The van der Waals surface area contributed by atoms with Gasteiger partial charge in [-0.15, -0.1) is 0 Å². The van der Waals surface area contributed by atoms with Crippen LogP contribution in [0.5, 0.6) is 0 Å². The lowest BCUT2D eigenvalue weighted by Gasteiger charge is -2.33. The number of nitrogens with zero attached hydrogens (tertiary/aromatic N) is 2. The highest BCUT2D eigenvalue weighted by molar-refractivity contribution is 7.54. The SMILES string of the molecule is CCOP(=O)(CC1=CN(C2CCCCC2)[C]N1c1c(C(C)C)cccc1C(C)C)OCC. The summed E-state index contributed by atoms with van der Waals surface area (Å²) in [6.45, 7) is 17.0. The van der Waals surface area contributed by atoms with Gasteiger partial charge < -0.3 is 18.8 Å². The molecule has 178 valence electrons. The predicted octanol–water partition coefficient (Wildman–Crippen LogP) is 7.49. The monoisotopic (exact) mass is 460 g/mol. The first kappa shape index (κ1) is 25.3. The van der Waals surface area contributed by atoms with Crippen LogP contribution in [0.4, 0.5) is 5.69 Å². The first-order valence-corrected chi connectivity index (χ1v) is 14.1. The number of allylic oxidation sites excluding steroid dienone is 1. The molecule has 1 fully saturated rings. The molecular weight excluding hydrogens is 419 g/mol. The van der Waals surface area contributed by atoms with Crippen molar-refractivity contribution in [1.82, 2.24) is 4.90 Å². The molecule has 1 aromatic carbocycles. The van der Waals surface area contributed by atoms with Crippen LogP contribution >= 0.6 is 7.60 Å². The Morgan fingerprint density at radius 3 is 2.06 bits per heavy atom. The lowest BCUT2D eigenvalue weighted by molar-refractivity contribution is 0.222. The van der Waals surface area contributed by atoms with Crippen molar-refractivity contribution >= 4 is 13.3 Å². The van der Waals surface area contributed by atoms with Gasteiger partial charge in [0.1, 0.15) is 0 Å². The maximum absolute atomic E-state index is 13.5. The third-order valence-electron chi connectivity index (χ3n) is 6.33. The lowest BCUT2D eigenvalue weighted by Crippen LogP contribution is -2.32. The van der Waals surface area contributed by atoms with Crippen molar-refractivity contribution in [3.63, 3.8) is 0 Å². The highest BCUT2D eigenvalue weighted by Gasteiger charge is 2.37. The highest BCUT2D eigenvalue weighted by atomic mass is 31.2. The molecule has 0 saturated heterocycles. The fourth-order valence-electron chi connectivity index (χ4n) is 4.77. The zero-order chi connectivity index (χ0) is 23.3. The van der Waals surface area contributed by atoms with Crippen molar-refractivity contribution in [2.75, 3.05) is 24.3 Å². The van der Waals surface area contributed by atoms with Crippen molar-refractivity contribution in [2.24, 2.45) is 0 Å². The minimum absolute atomic E-state index is 0.245. The summed E-state index contributed by atoms with van der Waals surface area (Å²) in [6, 6.07) is 7.01. The highest BCUT2D eigenvalue weighted by Crippen LogP contribution is 2.52. The second-order valence-corrected chi connectivity index (χ2v) is 11.5. The molecule has 0 unspecified atom stereocenters. The van der Waals surface area contributed by atoms with E-state index in [1.807, 2.05) is 13.8 Å². The number of benzene rings is 1. The van der Waals surface area contributed by atoms with E-state index >= 15 is 0 Å². The lowest BCUT2D eigenvalue weighted by atomic mass is 9.92. The Balaban J connectivity index is 2.05. The van der Waals surface area contributed by atoms with Gasteiger partial charge in [-0.2, -0.15) is 0 Å². The van der Waals surface area contributed by atoms with Crippen LogP contribution in [0.3, 0.4) is 0 Å². The molecule has 1 aliphatic carbocycles. The quantitative estimate of drug-likeness (QED) is 0.338. The molecule has 3 rings (SSSR count). The topological polar surface area (TPSA) is 42.0 Å². The Bertz CT molecular complexity index is 794. The van der Waals surface area contributed by atoms with E-state index in [0.29, 0.717) is 31.1 Å². The fourth-order valence-corrected chi connectivity index (χ4v) is 6.43. The molecule has 1 heterocycles. The summed E-state index contributed by atoms with van der Waals surface area (Å²) in [5.74, 6) is 0.724. The van der Waals surface area contributed by atoms with Gasteiger partial charge in [0.05, 0.1) is 25.1 Å². The average Bonchev–Trinajstić information content (AvgIpc) is 3.16. The summed E-state index contributed by atoms with van der Waals surface area (Å²) < 4.78 is 24.9. The number of anilines is 1. The van der Waals surface area contributed by atoms with Crippen molar-refractivity contribution in [3.8, 4) is 0 Å². The van der Waals surface area contributed by atoms with Gasteiger partial charge in [-0.3, -0.25) is 4.57 Å². The van der Waals surface area contributed by atoms with E-state index in [4.69, 9.17) is 9.05 Å². The molecule has 2 aliphatic rings. The maximum atomic E-state index is 13.5. The van der Waals surface area contributed by atoms with E-state index in [2.05, 4.69) is 68.6 Å². The zero-order valence-electron chi connectivity index (χ0n) is 20.8. The Kier molecular flexibility index (Phi) is 8.89. The number of hydrogen-bond donors (Lipinski definition) is 0. The van der Waals surface area contributed by atoms with Gasteiger partial charge in [0.15, 0.2) is 0 Å². The number of rotatable bonds is 10. The second-order valence-electron chi connectivity index (χ2n) is 9.45. The van der Waals surface area contributed by atoms with Crippen LogP contribution in [0, 0.1) is 6.67 Å². The van der Waals surface area contributed by atoms with E-state index in [0.717, 1.165) is 5.70 Å². The summed E-state index contributed by atoms with van der Waals surface area (Å²) in [4.78, 5) is 4.39. The largest absolute Gasteiger partial charge is 0.343 e. The van der Waals surface area contributed by atoms with E-state index in [1.54, 1.807) is 0 Å². The Morgan fingerprint density at radius 2 is 1.56 bits per heavy atom. The van der Waals surface area contributed by atoms with E-state index in [-0.39, 0.29) is 6.16 Å². The van der Waals surface area contributed by atoms with Crippen molar-refractivity contribution < 1.29 is 13.6 Å². The van der Waals surface area contributed by atoms with Gasteiger partial charge in [0.25, 0.3) is 0 Å². The standard InChI is InChI=1S/C26H41N2O3P/c1-7-30-32(29,31-8-2)18-23-17-27(22-13-10-9-11-14-22)19-28(23)26-24(20(3)4)15-12-16-25(26)21(5)6/h12,15-17,20-22H,7-11,13-14,18H2,1-6H3. The molecule has 1 saturated carbocycles. The molecule has 5 nitrogen and oxygen atoms in total. The zero-order valence-corrected chi connectivity index (χ0v) is 21.7. The van der Waals surface area contributed by atoms with Crippen LogP contribution in [-0.4, -0.2) is 30.3 Å². The second kappa shape index (κ2) is 11.2. The summed E-state index contributed by atoms with van der Waals surface area (Å²) in [6.07, 6.45) is 8.54. The first-order chi connectivity index (χ1) is 15.3. The first-order valence-electron chi connectivity index (χ1n) is 12.4. The average molecular weight is 461 g/mol. The van der Waals surface area contributed by atoms with Gasteiger partial charge in [-0.25, -0.2) is 0 Å². The third kappa shape index (κ3) is 5.79. The molecule has 1 aromatic rings. The van der Waals surface area contributed by atoms with E-state index in [9.17, 15) is 4.57 Å². The van der Waals surface area contributed by atoms with Gasteiger partial charge in [-0.1, -0.05) is 65.2 Å². The molecule has 0 bridgehead atoms. The molecule has 6 heteroatoms. The Labute approximate surface area is 195 Å². The predicted molar refractivity (Wildman–Crippen MR) is 133 cm³/mol. The van der Waals surface area contributed by atoms with E-state index in [1.165, 1.54) is 48.9 Å².